The second-order valence-corrected chi connectivity index (χ2v) is 8.69. The molecule has 0 unspecified atom stereocenters. The Hall–Kier alpha value is -2.77. The number of carbonyl (C=O) groups is 1. The Morgan fingerprint density at radius 2 is 1.81 bits per heavy atom. The summed E-state index contributed by atoms with van der Waals surface area (Å²) in [5.41, 5.74) is 1.99. The number of aliphatic hydroxyl groups is 1. The van der Waals surface area contributed by atoms with Crippen LogP contribution in [0.25, 0.3) is 11.1 Å². The van der Waals surface area contributed by atoms with Crippen molar-refractivity contribution in [1.82, 2.24) is 10.2 Å². The minimum atomic E-state index is -0.798. The van der Waals surface area contributed by atoms with Crippen molar-refractivity contribution < 1.29 is 24.1 Å². The van der Waals surface area contributed by atoms with Crippen molar-refractivity contribution in [2.24, 2.45) is 0 Å². The fraction of sp³-hybridized carbons (Fsp3) is 0.480. The third kappa shape index (κ3) is 6.37. The lowest BCUT2D eigenvalue weighted by Gasteiger charge is -2.23. The standard InChI is InChI=1S/C25H34N2O5/c1-25(2,29)11-14-32-20-10-9-18(24-21(30-3)7-5-8-22(24)31-4)15-19(20)16-27-13-6-12-26-23(28)17-27/h5,7-10,15,29H,6,11-14,16-17H2,1-4H3,(H,26,28). The van der Waals surface area contributed by atoms with Gasteiger partial charge in [0, 0.05) is 31.6 Å². The maximum absolute atomic E-state index is 12.1. The highest BCUT2D eigenvalue weighted by molar-refractivity contribution is 5.79. The molecule has 2 aromatic carbocycles. The molecule has 7 nitrogen and oxygen atoms in total. The number of nitrogens with zero attached hydrogens (tertiary/aromatic N) is 1. The van der Waals surface area contributed by atoms with Crippen molar-refractivity contribution in [1.29, 1.82) is 0 Å². The van der Waals surface area contributed by atoms with Crippen LogP contribution in [0.15, 0.2) is 36.4 Å². The molecule has 1 aliphatic rings. The summed E-state index contributed by atoms with van der Waals surface area (Å²) < 4.78 is 17.3. The summed E-state index contributed by atoms with van der Waals surface area (Å²) >= 11 is 0. The minimum absolute atomic E-state index is 0.0366. The Morgan fingerprint density at radius 3 is 2.47 bits per heavy atom. The first-order chi connectivity index (χ1) is 15.3. The molecule has 1 fully saturated rings. The van der Waals surface area contributed by atoms with Gasteiger partial charge in [-0.15, -0.1) is 0 Å². The molecule has 0 saturated carbocycles. The van der Waals surface area contributed by atoms with Crippen molar-refractivity contribution in [2.45, 2.75) is 38.8 Å². The molecule has 7 heteroatoms. The number of nitrogens with one attached hydrogen (secondary N) is 1. The number of hydrogen-bond donors (Lipinski definition) is 2. The van der Waals surface area contributed by atoms with Crippen LogP contribution >= 0.6 is 0 Å². The van der Waals surface area contributed by atoms with E-state index >= 15 is 0 Å². The molecule has 3 rings (SSSR count). The number of benzene rings is 2. The molecule has 0 atom stereocenters. The predicted octanol–water partition coefficient (Wildman–Crippen LogP) is 3.23. The van der Waals surface area contributed by atoms with E-state index < -0.39 is 5.60 Å². The maximum atomic E-state index is 12.1. The van der Waals surface area contributed by atoms with Crippen LogP contribution in [-0.4, -0.2) is 62.0 Å². The molecule has 0 aliphatic carbocycles. The SMILES string of the molecule is COc1cccc(OC)c1-c1ccc(OCCC(C)(C)O)c(CN2CCCNC(=O)C2)c1. The molecule has 2 N–H and O–H groups in total. The average molecular weight is 443 g/mol. The van der Waals surface area contributed by atoms with E-state index in [9.17, 15) is 9.90 Å². The number of rotatable bonds is 9. The van der Waals surface area contributed by atoms with Gasteiger partial charge < -0.3 is 24.6 Å². The molecule has 32 heavy (non-hydrogen) atoms. The molecule has 1 amide bonds. The highest BCUT2D eigenvalue weighted by Gasteiger charge is 2.20. The number of hydrogen-bond acceptors (Lipinski definition) is 6. The molecule has 0 bridgehead atoms. The lowest BCUT2D eigenvalue weighted by atomic mass is 10.00. The quantitative estimate of drug-likeness (QED) is 0.621. The molecule has 1 saturated heterocycles. The Balaban J connectivity index is 1.96. The minimum Gasteiger partial charge on any atom is -0.496 e. The molecule has 0 spiro atoms. The Morgan fingerprint density at radius 1 is 1.09 bits per heavy atom. The lowest BCUT2D eigenvalue weighted by molar-refractivity contribution is -0.121. The molecular formula is C25H34N2O5. The first-order valence-electron chi connectivity index (χ1n) is 11.0. The van der Waals surface area contributed by atoms with Gasteiger partial charge in [0.25, 0.3) is 0 Å². The summed E-state index contributed by atoms with van der Waals surface area (Å²) in [6.45, 7) is 6.39. The van der Waals surface area contributed by atoms with Crippen LogP contribution in [0.4, 0.5) is 0 Å². The Kier molecular flexibility index (Phi) is 7.99. The summed E-state index contributed by atoms with van der Waals surface area (Å²) in [5, 5.41) is 13.0. The van der Waals surface area contributed by atoms with E-state index in [0.717, 1.165) is 46.9 Å². The summed E-state index contributed by atoms with van der Waals surface area (Å²) in [5.74, 6) is 2.23. The van der Waals surface area contributed by atoms with Crippen molar-refractivity contribution in [3.63, 3.8) is 0 Å². The zero-order chi connectivity index (χ0) is 23.1. The smallest absolute Gasteiger partial charge is 0.234 e. The van der Waals surface area contributed by atoms with E-state index in [-0.39, 0.29) is 5.91 Å². The normalized spacial score (nSPS) is 15.1. The average Bonchev–Trinajstić information content (AvgIpc) is 2.96. The lowest BCUT2D eigenvalue weighted by Crippen LogP contribution is -2.32. The number of carbonyl (C=O) groups excluding carboxylic acids is 1. The largest absolute Gasteiger partial charge is 0.496 e. The molecule has 174 valence electrons. The fourth-order valence-electron chi connectivity index (χ4n) is 3.79. The van der Waals surface area contributed by atoms with Gasteiger partial charge in [-0.1, -0.05) is 12.1 Å². The van der Waals surface area contributed by atoms with E-state index in [4.69, 9.17) is 14.2 Å². The number of ether oxygens (including phenoxy) is 3. The van der Waals surface area contributed by atoms with E-state index in [2.05, 4.69) is 16.3 Å². The van der Waals surface area contributed by atoms with Gasteiger partial charge in [0.15, 0.2) is 0 Å². The van der Waals surface area contributed by atoms with Crippen LogP contribution in [0.1, 0.15) is 32.3 Å². The monoisotopic (exact) mass is 442 g/mol. The maximum Gasteiger partial charge on any atom is 0.234 e. The summed E-state index contributed by atoms with van der Waals surface area (Å²) in [4.78, 5) is 14.2. The van der Waals surface area contributed by atoms with E-state index in [1.54, 1.807) is 28.1 Å². The van der Waals surface area contributed by atoms with Gasteiger partial charge in [-0.3, -0.25) is 9.69 Å². The Bertz CT molecular complexity index is 901. The van der Waals surface area contributed by atoms with Gasteiger partial charge in [-0.25, -0.2) is 0 Å². The van der Waals surface area contributed by atoms with Crippen LogP contribution in [0.5, 0.6) is 17.2 Å². The van der Waals surface area contributed by atoms with Gasteiger partial charge in [0.05, 0.1) is 38.5 Å². The van der Waals surface area contributed by atoms with E-state index in [1.807, 2.05) is 30.3 Å². The summed E-state index contributed by atoms with van der Waals surface area (Å²) in [6, 6.07) is 11.7. The Labute approximate surface area is 190 Å². The van der Waals surface area contributed by atoms with Crippen molar-refractivity contribution in [2.75, 3.05) is 40.5 Å². The zero-order valence-electron chi connectivity index (χ0n) is 19.4. The van der Waals surface area contributed by atoms with Gasteiger partial charge >= 0.3 is 0 Å². The second kappa shape index (κ2) is 10.7. The van der Waals surface area contributed by atoms with Gasteiger partial charge in [0.2, 0.25) is 5.91 Å². The number of methoxy groups -OCH3 is 2. The predicted molar refractivity (Wildman–Crippen MR) is 124 cm³/mol. The van der Waals surface area contributed by atoms with E-state index in [0.29, 0.717) is 32.7 Å². The first kappa shape index (κ1) is 23.9. The molecule has 1 heterocycles. The summed E-state index contributed by atoms with van der Waals surface area (Å²) in [6.07, 6.45) is 1.42. The van der Waals surface area contributed by atoms with Crippen LogP contribution in [0.3, 0.4) is 0 Å². The second-order valence-electron chi connectivity index (χ2n) is 8.69. The van der Waals surface area contributed by atoms with E-state index in [1.165, 1.54) is 0 Å². The van der Waals surface area contributed by atoms with Crippen molar-refractivity contribution in [3.05, 3.63) is 42.0 Å². The third-order valence-electron chi connectivity index (χ3n) is 5.48. The molecule has 2 aromatic rings. The topological polar surface area (TPSA) is 80.3 Å². The van der Waals surface area contributed by atoms with Crippen LogP contribution in [-0.2, 0) is 11.3 Å². The zero-order valence-corrected chi connectivity index (χ0v) is 19.4. The number of amides is 1. The van der Waals surface area contributed by atoms with Gasteiger partial charge in [0.1, 0.15) is 17.2 Å². The fourth-order valence-corrected chi connectivity index (χ4v) is 3.79. The van der Waals surface area contributed by atoms with Crippen LogP contribution in [0, 0.1) is 0 Å². The molecule has 0 aromatic heterocycles. The first-order valence-corrected chi connectivity index (χ1v) is 11.0. The summed E-state index contributed by atoms with van der Waals surface area (Å²) in [7, 11) is 3.28. The highest BCUT2D eigenvalue weighted by atomic mass is 16.5. The van der Waals surface area contributed by atoms with Gasteiger partial charge in [-0.2, -0.15) is 0 Å². The molecule has 0 radical (unpaired) electrons. The van der Waals surface area contributed by atoms with Crippen LogP contribution in [0.2, 0.25) is 0 Å². The molecular weight excluding hydrogens is 408 g/mol. The highest BCUT2D eigenvalue weighted by Crippen LogP contribution is 2.40. The van der Waals surface area contributed by atoms with Crippen molar-refractivity contribution >= 4 is 5.91 Å². The third-order valence-corrected chi connectivity index (χ3v) is 5.48. The van der Waals surface area contributed by atoms with Crippen molar-refractivity contribution in [3.8, 4) is 28.4 Å². The van der Waals surface area contributed by atoms with Crippen LogP contribution < -0.4 is 19.5 Å². The molecule has 1 aliphatic heterocycles. The van der Waals surface area contributed by atoms with Gasteiger partial charge in [-0.05, 0) is 50.1 Å².